The van der Waals surface area contributed by atoms with Crippen molar-refractivity contribution in [3.63, 3.8) is 0 Å². The van der Waals surface area contributed by atoms with Gasteiger partial charge >= 0.3 is 0 Å². The first-order valence-electron chi connectivity index (χ1n) is 29.5. The number of carbonyl (C=O) groups is 11. The lowest BCUT2D eigenvalue weighted by Crippen LogP contribution is -2.54. The number of nitrogen functional groups attached to an aromatic ring is 1. The van der Waals surface area contributed by atoms with Gasteiger partial charge in [0.15, 0.2) is 18.1 Å². The van der Waals surface area contributed by atoms with Crippen molar-refractivity contribution in [3.05, 3.63) is 102 Å². The summed E-state index contributed by atoms with van der Waals surface area (Å²) in [6.45, 7) is 3.16. The van der Waals surface area contributed by atoms with E-state index in [0.717, 1.165) is 29.0 Å². The first-order valence-corrected chi connectivity index (χ1v) is 29.5. The summed E-state index contributed by atoms with van der Waals surface area (Å²) in [4.78, 5) is 159. The van der Waals surface area contributed by atoms with E-state index in [-0.39, 0.29) is 103 Å². The maximum atomic E-state index is 13.8. The van der Waals surface area contributed by atoms with E-state index >= 15 is 0 Å². The Bertz CT molecular complexity index is 3290. The predicted molar refractivity (Wildman–Crippen MR) is 314 cm³/mol. The standard InChI is InChI=1S/C61H71N13O13/c62-55-54(59(83)70-44-33-63-27-24-45(44)72-29-31-86-32-30-72)69-43(34-67-55)39-15-11-37(12-16-39)23-28-66-57(81)42(68-48(75)10-2-1-4-26-65-56(80)40-17-13-38(14-18-40)35-73-51(78)21-22-52(73)79)8-3-5-25-64-50(77)36-87-47-9-6-7-41-53(47)61(85)74(60(41)84)46-19-20-49(76)71-58(46)82/h6-7,9,11-12,15-16,21-22,24,27,33-34,38,40,42,46H,1-5,8,10,13-14,17-20,23,25-26,28-32,35-36H2,(H2,62,67)(H,64,77)(H,65,80)(H,66,81)(H,68,75)(H,70,83)(H,71,76,82). The maximum Gasteiger partial charge on any atom is 0.278 e. The molecule has 2 atom stereocenters. The molecule has 2 aromatic carbocycles. The number of aromatic nitrogens is 3. The number of nitrogens with one attached hydrogen (secondary N) is 6. The number of nitrogens with two attached hydrogens (primary N) is 1. The summed E-state index contributed by atoms with van der Waals surface area (Å²) >= 11 is 0. The van der Waals surface area contributed by atoms with Crippen molar-refractivity contribution in [2.24, 2.45) is 11.8 Å². The second-order valence-corrected chi connectivity index (χ2v) is 22.0. The average Bonchev–Trinajstić information content (AvgIpc) is 1.80. The third kappa shape index (κ3) is 16.1. The van der Waals surface area contributed by atoms with Crippen LogP contribution in [0.3, 0.4) is 0 Å². The van der Waals surface area contributed by atoms with Gasteiger partial charge in [-0.25, -0.2) is 9.97 Å². The number of nitrogens with zero attached hydrogens (tertiary/aromatic N) is 6. The number of carbonyl (C=O) groups excluding carboxylic acids is 11. The number of morpholine rings is 1. The number of rotatable bonds is 27. The number of pyridine rings is 1. The Balaban J connectivity index is 0.734. The van der Waals surface area contributed by atoms with Gasteiger partial charge in [-0.3, -0.25) is 72.8 Å². The second-order valence-electron chi connectivity index (χ2n) is 22.0. The normalized spacial score (nSPS) is 18.7. The van der Waals surface area contributed by atoms with Crippen LogP contribution in [-0.2, 0) is 49.5 Å². The molecule has 2 unspecified atom stereocenters. The lowest BCUT2D eigenvalue weighted by molar-refractivity contribution is -0.138. The average molecular weight is 1190 g/mol. The molecule has 0 bridgehead atoms. The highest BCUT2D eigenvalue weighted by molar-refractivity contribution is 6.24. The van der Waals surface area contributed by atoms with Crippen LogP contribution in [0.5, 0.6) is 5.75 Å². The van der Waals surface area contributed by atoms with E-state index in [2.05, 4.69) is 51.8 Å². The summed E-state index contributed by atoms with van der Waals surface area (Å²) in [5.74, 6) is -5.19. The van der Waals surface area contributed by atoms with Crippen LogP contribution < -0.4 is 47.3 Å². The van der Waals surface area contributed by atoms with Crippen molar-refractivity contribution < 1.29 is 62.2 Å². The van der Waals surface area contributed by atoms with Crippen LogP contribution in [0.2, 0.25) is 0 Å². The number of amides is 11. The zero-order valence-electron chi connectivity index (χ0n) is 48.1. The van der Waals surface area contributed by atoms with E-state index in [4.69, 9.17) is 15.2 Å². The first kappa shape index (κ1) is 62.1. The first-order chi connectivity index (χ1) is 42.1. The maximum absolute atomic E-state index is 13.8. The lowest BCUT2D eigenvalue weighted by Gasteiger charge is -2.30. The van der Waals surface area contributed by atoms with Gasteiger partial charge in [-0.15, -0.1) is 0 Å². The molecule has 458 valence electrons. The molecule has 26 nitrogen and oxygen atoms in total. The number of imide groups is 3. The summed E-state index contributed by atoms with van der Waals surface area (Å²) in [5.41, 5.74) is 9.28. The minimum absolute atomic E-state index is 0.00812. The van der Waals surface area contributed by atoms with Gasteiger partial charge in [0.2, 0.25) is 29.5 Å². The molecule has 6 heterocycles. The highest BCUT2D eigenvalue weighted by atomic mass is 16.5. The Morgan fingerprint density at radius 1 is 0.782 bits per heavy atom. The fourth-order valence-corrected chi connectivity index (χ4v) is 11.2. The molecule has 26 heteroatoms. The molecule has 2 aromatic heterocycles. The van der Waals surface area contributed by atoms with Gasteiger partial charge in [0.1, 0.15) is 17.8 Å². The molecular weight excluding hydrogens is 1120 g/mol. The molecule has 1 aliphatic carbocycles. The minimum Gasteiger partial charge on any atom is -0.483 e. The molecule has 3 fully saturated rings. The molecule has 4 aromatic rings. The van der Waals surface area contributed by atoms with E-state index in [9.17, 15) is 52.7 Å². The second kappa shape index (κ2) is 29.6. The Labute approximate surface area is 501 Å². The monoisotopic (exact) mass is 1190 g/mol. The number of anilines is 3. The van der Waals surface area contributed by atoms with Crippen LogP contribution in [0, 0.1) is 11.8 Å². The van der Waals surface area contributed by atoms with Crippen LogP contribution in [0.4, 0.5) is 17.2 Å². The van der Waals surface area contributed by atoms with Crippen LogP contribution in [-0.4, -0.2) is 161 Å². The van der Waals surface area contributed by atoms with Crippen LogP contribution >= 0.6 is 0 Å². The molecule has 5 aliphatic rings. The Morgan fingerprint density at radius 3 is 2.29 bits per heavy atom. The fourth-order valence-electron chi connectivity index (χ4n) is 11.2. The summed E-state index contributed by atoms with van der Waals surface area (Å²) in [5, 5.41) is 16.6. The Morgan fingerprint density at radius 2 is 1.53 bits per heavy atom. The van der Waals surface area contributed by atoms with Crippen molar-refractivity contribution in [1.82, 2.24) is 51.3 Å². The van der Waals surface area contributed by atoms with Crippen molar-refractivity contribution in [2.75, 3.05) is 75.0 Å². The van der Waals surface area contributed by atoms with Gasteiger partial charge in [0.05, 0.1) is 53.8 Å². The number of piperidine rings is 1. The molecule has 0 spiro atoms. The molecule has 87 heavy (non-hydrogen) atoms. The van der Waals surface area contributed by atoms with Crippen LogP contribution in [0.25, 0.3) is 11.3 Å². The largest absolute Gasteiger partial charge is 0.483 e. The summed E-state index contributed by atoms with van der Waals surface area (Å²) in [6, 6.07) is 11.5. The SMILES string of the molecule is Nc1ncc(-c2ccc(CCNC(=O)C(CCCCNC(=O)COc3cccc4c3C(=O)N(C3CCC(=O)NC3=O)C4=O)NC(=O)CCCCCNC(=O)C3CCC(CN4C(=O)C=CC4=O)CC3)cc2)nc1C(=O)Nc1cnccc1N1CCOCC1. The summed E-state index contributed by atoms with van der Waals surface area (Å²) in [7, 11) is 0. The number of hydrogen-bond acceptors (Lipinski definition) is 18. The van der Waals surface area contributed by atoms with Gasteiger partial charge in [-0.05, 0) is 100 Å². The predicted octanol–water partition coefficient (Wildman–Crippen LogP) is 2.53. The fraction of sp³-hybridized carbons (Fsp3) is 0.443. The third-order valence-electron chi connectivity index (χ3n) is 16.0. The molecular formula is C61H71N13O13. The molecule has 2 saturated heterocycles. The smallest absolute Gasteiger partial charge is 0.278 e. The van der Waals surface area contributed by atoms with Crippen LogP contribution in [0.1, 0.15) is 120 Å². The lowest BCUT2D eigenvalue weighted by atomic mass is 9.81. The Hall–Kier alpha value is -9.46. The minimum atomic E-state index is -1.17. The van der Waals surface area contributed by atoms with E-state index in [0.29, 0.717) is 108 Å². The zero-order chi connectivity index (χ0) is 61.4. The van der Waals surface area contributed by atoms with Crippen molar-refractivity contribution in [1.29, 1.82) is 0 Å². The molecule has 0 radical (unpaired) electrons. The highest BCUT2D eigenvalue weighted by Crippen LogP contribution is 2.35. The number of hydrogen-bond donors (Lipinski definition) is 7. The number of unbranched alkanes of at least 4 members (excludes halogenated alkanes) is 3. The highest BCUT2D eigenvalue weighted by Gasteiger charge is 2.46. The van der Waals surface area contributed by atoms with E-state index in [1.807, 2.05) is 30.3 Å². The van der Waals surface area contributed by atoms with Crippen LogP contribution in [0.15, 0.2) is 79.3 Å². The number of benzene rings is 2. The molecule has 8 N–H and O–H groups in total. The molecule has 1 saturated carbocycles. The topological polar surface area (TPSA) is 353 Å². The molecule has 9 rings (SSSR count). The number of ether oxygens (including phenoxy) is 2. The van der Waals surface area contributed by atoms with E-state index in [1.54, 1.807) is 12.4 Å². The van der Waals surface area contributed by atoms with E-state index in [1.165, 1.54) is 41.4 Å². The summed E-state index contributed by atoms with van der Waals surface area (Å²) in [6.07, 6.45) is 13.5. The quantitative estimate of drug-likeness (QED) is 0.0333. The van der Waals surface area contributed by atoms with Gasteiger partial charge in [-0.2, -0.15) is 0 Å². The van der Waals surface area contributed by atoms with Gasteiger partial charge < -0.3 is 46.7 Å². The number of fused-ring (bicyclic) bond motifs is 1. The molecule has 11 amide bonds. The third-order valence-corrected chi connectivity index (χ3v) is 16.0. The zero-order valence-corrected chi connectivity index (χ0v) is 48.1. The van der Waals surface area contributed by atoms with Gasteiger partial charge in [0, 0.05) is 81.9 Å². The van der Waals surface area contributed by atoms with Gasteiger partial charge in [0.25, 0.3) is 35.4 Å². The molecule has 4 aliphatic heterocycles. The van der Waals surface area contributed by atoms with Crippen molar-refractivity contribution >= 4 is 82.2 Å². The Kier molecular flexibility index (Phi) is 21.1. The summed E-state index contributed by atoms with van der Waals surface area (Å²) < 4.78 is 11.2. The van der Waals surface area contributed by atoms with Crippen molar-refractivity contribution in [3.8, 4) is 17.0 Å². The van der Waals surface area contributed by atoms with E-state index < -0.39 is 60.0 Å². The van der Waals surface area contributed by atoms with Gasteiger partial charge in [-0.1, -0.05) is 36.8 Å². The van der Waals surface area contributed by atoms with Crippen molar-refractivity contribution in [2.45, 2.75) is 102 Å².